The van der Waals surface area contributed by atoms with Gasteiger partial charge in [-0.3, -0.25) is 9.52 Å². The summed E-state index contributed by atoms with van der Waals surface area (Å²) in [7, 11) is -3.63. The van der Waals surface area contributed by atoms with Gasteiger partial charge in [0.15, 0.2) is 0 Å². The average molecular weight is 441 g/mol. The second-order valence-electron chi connectivity index (χ2n) is 9.13. The Morgan fingerprint density at radius 2 is 1.84 bits per heavy atom. The molecule has 1 amide bonds. The Hall–Kier alpha value is -2.34. The monoisotopic (exact) mass is 440 g/mol. The van der Waals surface area contributed by atoms with Crippen LogP contribution in [0.2, 0.25) is 0 Å². The molecule has 2 aromatic carbocycles. The highest BCUT2D eigenvalue weighted by molar-refractivity contribution is 7.92. The van der Waals surface area contributed by atoms with Crippen LogP contribution in [0.5, 0.6) is 0 Å². The molecule has 1 aliphatic heterocycles. The van der Waals surface area contributed by atoms with Gasteiger partial charge in [-0.25, -0.2) is 8.42 Å². The lowest BCUT2D eigenvalue weighted by molar-refractivity contribution is -0.136. The first-order valence-corrected chi connectivity index (χ1v) is 12.8. The fourth-order valence-corrected chi connectivity index (χ4v) is 6.05. The molecule has 1 fully saturated rings. The second-order valence-corrected chi connectivity index (χ2v) is 10.8. The Kier molecular flexibility index (Phi) is 6.11. The van der Waals surface area contributed by atoms with E-state index >= 15 is 0 Å². The van der Waals surface area contributed by atoms with Gasteiger partial charge >= 0.3 is 0 Å². The highest BCUT2D eigenvalue weighted by Crippen LogP contribution is 2.36. The van der Waals surface area contributed by atoms with Gasteiger partial charge in [0, 0.05) is 24.7 Å². The van der Waals surface area contributed by atoms with Crippen molar-refractivity contribution in [3.05, 3.63) is 59.2 Å². The standard InChI is InChI=1S/C25H32N2O3S/c1-4-25(28)27-13-5-6-20-14-21-15-22(10-7-19(21)16-24(20)27)26-31(29,30)23-11-8-18(9-12-23)17(2)3/h7-12,15,17,20,24,26H,4-6,13-14,16H2,1-3H3. The molecule has 1 saturated heterocycles. The van der Waals surface area contributed by atoms with Crippen LogP contribution in [0.15, 0.2) is 47.4 Å². The smallest absolute Gasteiger partial charge is 0.261 e. The third-order valence-electron chi connectivity index (χ3n) is 6.77. The van der Waals surface area contributed by atoms with Gasteiger partial charge in [0.25, 0.3) is 10.0 Å². The molecule has 1 N–H and O–H groups in total. The zero-order valence-electron chi connectivity index (χ0n) is 18.6. The van der Waals surface area contributed by atoms with Crippen LogP contribution in [-0.4, -0.2) is 31.8 Å². The average Bonchev–Trinajstić information content (AvgIpc) is 2.76. The predicted octanol–water partition coefficient (Wildman–Crippen LogP) is 4.73. The Morgan fingerprint density at radius 3 is 2.52 bits per heavy atom. The first-order chi connectivity index (χ1) is 14.8. The number of nitrogens with one attached hydrogen (secondary N) is 1. The first kappa shape index (κ1) is 21.9. The maximum absolute atomic E-state index is 12.9. The highest BCUT2D eigenvalue weighted by Gasteiger charge is 2.37. The van der Waals surface area contributed by atoms with Crippen LogP contribution in [0.1, 0.15) is 62.6 Å². The van der Waals surface area contributed by atoms with E-state index in [4.69, 9.17) is 0 Å². The Bertz CT molecular complexity index is 1060. The quantitative estimate of drug-likeness (QED) is 0.731. The molecular formula is C25H32N2O3S. The number of fused-ring (bicyclic) bond motifs is 2. The van der Waals surface area contributed by atoms with E-state index in [1.54, 1.807) is 12.1 Å². The lowest BCUT2D eigenvalue weighted by Crippen LogP contribution is -2.51. The third kappa shape index (κ3) is 4.49. The van der Waals surface area contributed by atoms with Crippen molar-refractivity contribution in [2.75, 3.05) is 11.3 Å². The van der Waals surface area contributed by atoms with Crippen molar-refractivity contribution >= 4 is 21.6 Å². The zero-order valence-corrected chi connectivity index (χ0v) is 19.4. The molecule has 2 aliphatic rings. The molecule has 0 radical (unpaired) electrons. The van der Waals surface area contributed by atoms with E-state index in [1.807, 2.05) is 37.3 Å². The summed E-state index contributed by atoms with van der Waals surface area (Å²) in [4.78, 5) is 14.7. The van der Waals surface area contributed by atoms with E-state index in [9.17, 15) is 13.2 Å². The maximum Gasteiger partial charge on any atom is 0.261 e. The van der Waals surface area contributed by atoms with Crippen LogP contribution < -0.4 is 4.72 Å². The van der Waals surface area contributed by atoms with Gasteiger partial charge in [-0.1, -0.05) is 39.0 Å². The largest absolute Gasteiger partial charge is 0.339 e. The molecule has 4 rings (SSSR count). The molecule has 0 saturated carbocycles. The molecule has 31 heavy (non-hydrogen) atoms. The van der Waals surface area contributed by atoms with Crippen LogP contribution >= 0.6 is 0 Å². The Balaban J connectivity index is 1.53. The molecule has 6 heteroatoms. The number of nitrogens with zero attached hydrogens (tertiary/aromatic N) is 1. The molecule has 0 aromatic heterocycles. The summed E-state index contributed by atoms with van der Waals surface area (Å²) in [6.07, 6.45) is 4.47. The summed E-state index contributed by atoms with van der Waals surface area (Å²) in [6.45, 7) is 6.96. The van der Waals surface area contributed by atoms with Crippen molar-refractivity contribution in [1.29, 1.82) is 0 Å². The summed E-state index contributed by atoms with van der Waals surface area (Å²) >= 11 is 0. The van der Waals surface area contributed by atoms with E-state index in [0.717, 1.165) is 37.8 Å². The van der Waals surface area contributed by atoms with Gasteiger partial charge < -0.3 is 4.90 Å². The molecule has 0 spiro atoms. The third-order valence-corrected chi connectivity index (χ3v) is 8.17. The van der Waals surface area contributed by atoms with Crippen LogP contribution in [0.4, 0.5) is 5.69 Å². The number of carbonyl (C=O) groups excluding carboxylic acids is 1. The number of carbonyl (C=O) groups is 1. The molecule has 1 aliphatic carbocycles. The van der Waals surface area contributed by atoms with Crippen molar-refractivity contribution in [2.24, 2.45) is 5.92 Å². The fraction of sp³-hybridized carbons (Fsp3) is 0.480. The van der Waals surface area contributed by atoms with Crippen molar-refractivity contribution < 1.29 is 13.2 Å². The van der Waals surface area contributed by atoms with Gasteiger partial charge in [-0.15, -0.1) is 0 Å². The molecule has 2 unspecified atom stereocenters. The predicted molar refractivity (Wildman–Crippen MR) is 124 cm³/mol. The fourth-order valence-electron chi connectivity index (χ4n) is 5.00. The van der Waals surface area contributed by atoms with E-state index in [0.29, 0.717) is 23.9 Å². The number of piperidine rings is 1. The first-order valence-electron chi connectivity index (χ1n) is 11.3. The van der Waals surface area contributed by atoms with Gasteiger partial charge in [-0.05, 0) is 78.5 Å². The lowest BCUT2D eigenvalue weighted by atomic mass is 9.75. The molecule has 0 bridgehead atoms. The topological polar surface area (TPSA) is 66.5 Å². The zero-order chi connectivity index (χ0) is 22.2. The van der Waals surface area contributed by atoms with Crippen LogP contribution in [0.25, 0.3) is 0 Å². The number of likely N-dealkylation sites (tertiary alicyclic amines) is 1. The van der Waals surface area contributed by atoms with E-state index in [-0.39, 0.29) is 16.8 Å². The number of rotatable bonds is 5. The summed E-state index contributed by atoms with van der Waals surface area (Å²) < 4.78 is 28.5. The van der Waals surface area contributed by atoms with Crippen molar-refractivity contribution in [3.63, 3.8) is 0 Å². The molecule has 5 nitrogen and oxygen atoms in total. The number of anilines is 1. The van der Waals surface area contributed by atoms with Crippen LogP contribution in [-0.2, 0) is 27.7 Å². The summed E-state index contributed by atoms with van der Waals surface area (Å²) in [5.41, 5.74) is 4.14. The van der Waals surface area contributed by atoms with Crippen molar-refractivity contribution in [3.8, 4) is 0 Å². The summed E-state index contributed by atoms with van der Waals surface area (Å²) in [6, 6.07) is 13.2. The minimum Gasteiger partial charge on any atom is -0.339 e. The molecule has 2 atom stereocenters. The number of hydrogen-bond donors (Lipinski definition) is 1. The van der Waals surface area contributed by atoms with E-state index in [2.05, 4.69) is 23.5 Å². The normalized spacial score (nSPS) is 20.8. The van der Waals surface area contributed by atoms with Gasteiger partial charge in [-0.2, -0.15) is 0 Å². The Labute approximate surface area is 185 Å². The lowest BCUT2D eigenvalue weighted by Gasteiger charge is -2.44. The summed E-state index contributed by atoms with van der Waals surface area (Å²) in [5.74, 6) is 1.05. The van der Waals surface area contributed by atoms with Crippen molar-refractivity contribution in [2.45, 2.75) is 69.7 Å². The second kappa shape index (κ2) is 8.65. The molecule has 1 heterocycles. The molecule has 2 aromatic rings. The van der Waals surface area contributed by atoms with Gasteiger partial charge in [0.1, 0.15) is 0 Å². The number of amides is 1. The number of benzene rings is 2. The maximum atomic E-state index is 12.9. The summed E-state index contributed by atoms with van der Waals surface area (Å²) in [5, 5.41) is 0. The van der Waals surface area contributed by atoms with Crippen molar-refractivity contribution in [1.82, 2.24) is 4.90 Å². The van der Waals surface area contributed by atoms with Crippen LogP contribution in [0, 0.1) is 5.92 Å². The highest BCUT2D eigenvalue weighted by atomic mass is 32.2. The minimum absolute atomic E-state index is 0.242. The minimum atomic E-state index is -3.63. The van der Waals surface area contributed by atoms with Gasteiger partial charge in [0.05, 0.1) is 4.90 Å². The van der Waals surface area contributed by atoms with Gasteiger partial charge in [0.2, 0.25) is 5.91 Å². The molecule has 166 valence electrons. The number of hydrogen-bond acceptors (Lipinski definition) is 3. The Morgan fingerprint density at radius 1 is 1.10 bits per heavy atom. The van der Waals surface area contributed by atoms with E-state index < -0.39 is 10.0 Å². The SMILES string of the molecule is CCC(=O)N1CCCC2Cc3cc(NS(=O)(=O)c4ccc(C(C)C)cc4)ccc3CC21. The van der Waals surface area contributed by atoms with E-state index in [1.165, 1.54) is 11.1 Å². The van der Waals surface area contributed by atoms with Crippen LogP contribution in [0.3, 0.4) is 0 Å². The molecular weight excluding hydrogens is 408 g/mol. The number of sulfonamides is 1.